The average molecular weight is 733 g/mol. The first kappa shape index (κ1) is 38.4. The van der Waals surface area contributed by atoms with Gasteiger partial charge in [0.2, 0.25) is 15.9 Å². The summed E-state index contributed by atoms with van der Waals surface area (Å²) < 4.78 is 36.0. The van der Waals surface area contributed by atoms with Crippen molar-refractivity contribution in [3.05, 3.63) is 90.3 Å². The largest absolute Gasteiger partial charge is 0.497 e. The van der Waals surface area contributed by atoms with E-state index in [4.69, 9.17) is 4.74 Å². The number of fused-ring (bicyclic) bond motifs is 1. The summed E-state index contributed by atoms with van der Waals surface area (Å²) in [5.41, 5.74) is 2.41. The number of sulfonamides is 1. The Kier molecular flexibility index (Phi) is 12.0. The Bertz CT molecular complexity index is 1980. The van der Waals surface area contributed by atoms with Crippen molar-refractivity contribution in [1.29, 1.82) is 0 Å². The number of carbonyl (C=O) groups excluding carboxylic acids is 3. The fourth-order valence-corrected chi connectivity index (χ4v) is 8.17. The molecule has 1 aliphatic rings. The van der Waals surface area contributed by atoms with Crippen LogP contribution in [-0.4, -0.2) is 100.0 Å². The van der Waals surface area contributed by atoms with Gasteiger partial charge < -0.3 is 24.6 Å². The van der Waals surface area contributed by atoms with Crippen LogP contribution in [-0.2, 0) is 39.6 Å². The van der Waals surface area contributed by atoms with Crippen molar-refractivity contribution in [3.63, 3.8) is 0 Å². The van der Waals surface area contributed by atoms with Crippen LogP contribution in [0.15, 0.2) is 83.8 Å². The van der Waals surface area contributed by atoms with Crippen LogP contribution in [0.1, 0.15) is 39.1 Å². The number of hydrogen-bond donors (Lipinski definition) is 2. The molecule has 0 saturated carbocycles. The molecule has 0 radical (unpaired) electrons. The molecule has 1 fully saturated rings. The third-order valence-electron chi connectivity index (χ3n) is 9.25. The van der Waals surface area contributed by atoms with Crippen molar-refractivity contribution in [2.45, 2.75) is 63.7 Å². The van der Waals surface area contributed by atoms with Crippen LogP contribution >= 0.6 is 0 Å². The maximum Gasteiger partial charge on any atom is 0.328 e. The van der Waals surface area contributed by atoms with E-state index in [9.17, 15) is 27.9 Å². The molecule has 0 spiro atoms. The zero-order valence-corrected chi connectivity index (χ0v) is 31.3. The topological polar surface area (TPSA) is 154 Å². The molecule has 1 aromatic heterocycles. The number of benzene rings is 3. The van der Waals surface area contributed by atoms with E-state index < -0.39 is 52.0 Å². The number of aromatic nitrogens is 2. The summed E-state index contributed by atoms with van der Waals surface area (Å²) >= 11 is 0. The minimum atomic E-state index is -4.05. The predicted molar refractivity (Wildman–Crippen MR) is 197 cm³/mol. The smallest absolute Gasteiger partial charge is 0.328 e. The van der Waals surface area contributed by atoms with Crippen molar-refractivity contribution < 1.29 is 32.6 Å². The van der Waals surface area contributed by atoms with Crippen LogP contribution in [0.4, 0.5) is 4.79 Å². The summed E-state index contributed by atoms with van der Waals surface area (Å²) in [6.07, 6.45) is -1.16. The summed E-state index contributed by atoms with van der Waals surface area (Å²) in [6, 6.07) is 20.2. The van der Waals surface area contributed by atoms with E-state index in [1.807, 2.05) is 80.1 Å². The summed E-state index contributed by atoms with van der Waals surface area (Å²) in [7, 11) is -0.736. The number of aliphatic hydroxyl groups excluding tert-OH is 1. The van der Waals surface area contributed by atoms with Crippen LogP contribution in [0, 0.1) is 11.8 Å². The van der Waals surface area contributed by atoms with Gasteiger partial charge in [0.1, 0.15) is 24.2 Å². The van der Waals surface area contributed by atoms with Gasteiger partial charge in [0.25, 0.3) is 5.91 Å². The Morgan fingerprint density at radius 1 is 0.962 bits per heavy atom. The first-order valence-corrected chi connectivity index (χ1v) is 18.8. The minimum Gasteiger partial charge on any atom is -0.497 e. The molecular formula is C38H48N6O7S. The molecule has 4 aromatic rings. The zero-order valence-electron chi connectivity index (χ0n) is 30.5. The van der Waals surface area contributed by atoms with Crippen molar-refractivity contribution >= 4 is 38.9 Å². The van der Waals surface area contributed by atoms with Crippen molar-refractivity contribution in [1.82, 2.24) is 29.0 Å². The van der Waals surface area contributed by atoms with Gasteiger partial charge in [0.05, 0.1) is 41.7 Å². The number of aliphatic hydroxyl groups is 1. The van der Waals surface area contributed by atoms with Gasteiger partial charge >= 0.3 is 6.03 Å². The second-order valence-electron chi connectivity index (χ2n) is 13.9. The molecule has 52 heavy (non-hydrogen) atoms. The molecule has 0 aliphatic carbocycles. The van der Waals surface area contributed by atoms with Crippen LogP contribution in [0.2, 0.25) is 0 Å². The molecule has 1 saturated heterocycles. The highest BCUT2D eigenvalue weighted by Crippen LogP contribution is 2.25. The number of aryl methyl sites for hydroxylation is 1. The Morgan fingerprint density at radius 2 is 1.62 bits per heavy atom. The monoisotopic (exact) mass is 732 g/mol. The van der Waals surface area contributed by atoms with Crippen LogP contribution in [0.5, 0.6) is 5.75 Å². The van der Waals surface area contributed by atoms with Crippen LogP contribution in [0.25, 0.3) is 11.0 Å². The quantitative estimate of drug-likeness (QED) is 0.165. The molecule has 2 heterocycles. The zero-order chi connectivity index (χ0) is 37.7. The number of nitrogens with one attached hydrogen (secondary N) is 1. The molecule has 3 aromatic carbocycles. The van der Waals surface area contributed by atoms with Crippen molar-refractivity contribution in [2.75, 3.05) is 26.7 Å². The highest BCUT2D eigenvalue weighted by atomic mass is 32.2. The molecule has 0 unspecified atom stereocenters. The van der Waals surface area contributed by atoms with E-state index in [1.54, 1.807) is 26.0 Å². The average Bonchev–Trinajstić information content (AvgIpc) is 3.57. The molecular weight excluding hydrogens is 685 g/mol. The van der Waals surface area contributed by atoms with E-state index in [-0.39, 0.29) is 43.4 Å². The minimum absolute atomic E-state index is 0.0464. The third-order valence-corrected chi connectivity index (χ3v) is 11.1. The highest BCUT2D eigenvalue weighted by Gasteiger charge is 2.45. The number of carbonyl (C=O) groups is 3. The molecule has 3 atom stereocenters. The number of imidazole rings is 1. The lowest BCUT2D eigenvalue weighted by atomic mass is 9.97. The van der Waals surface area contributed by atoms with E-state index in [2.05, 4.69) is 10.3 Å². The summed E-state index contributed by atoms with van der Waals surface area (Å²) in [6.45, 7) is 6.79. The van der Waals surface area contributed by atoms with E-state index in [1.165, 1.54) is 28.4 Å². The first-order chi connectivity index (χ1) is 24.7. The first-order valence-electron chi connectivity index (χ1n) is 17.4. The van der Waals surface area contributed by atoms with Gasteiger partial charge in [-0.1, -0.05) is 70.2 Å². The normalized spacial score (nSPS) is 15.6. The number of urea groups is 1. The molecule has 278 valence electrons. The fourth-order valence-electron chi connectivity index (χ4n) is 6.55. The second kappa shape index (κ2) is 16.3. The molecule has 5 rings (SSSR count). The van der Waals surface area contributed by atoms with Gasteiger partial charge in [-0.05, 0) is 60.2 Å². The third kappa shape index (κ3) is 8.46. The second-order valence-corrected chi connectivity index (χ2v) is 15.9. The Balaban J connectivity index is 1.38. The lowest BCUT2D eigenvalue weighted by Gasteiger charge is -2.34. The Morgan fingerprint density at radius 3 is 2.23 bits per heavy atom. The summed E-state index contributed by atoms with van der Waals surface area (Å²) in [5.74, 6) is -0.463. The van der Waals surface area contributed by atoms with Gasteiger partial charge in [-0.2, -0.15) is 4.31 Å². The molecule has 0 bridgehead atoms. The molecule has 13 nitrogen and oxygen atoms in total. The van der Waals surface area contributed by atoms with Gasteiger partial charge in [-0.3, -0.25) is 14.5 Å². The van der Waals surface area contributed by atoms with E-state index >= 15 is 0 Å². The molecule has 2 N–H and O–H groups in total. The molecule has 1 aliphatic heterocycles. The number of ether oxygens (including phenoxy) is 1. The molecule has 14 heteroatoms. The number of methoxy groups -OCH3 is 1. The van der Waals surface area contributed by atoms with Crippen LogP contribution in [0.3, 0.4) is 0 Å². The predicted octanol–water partition coefficient (Wildman–Crippen LogP) is 3.81. The molecule has 4 amide bonds. The van der Waals surface area contributed by atoms with E-state index in [0.29, 0.717) is 11.6 Å². The SMILES string of the molecule is COc1ccc(S(=O)(=O)N(CC(C)C)C[C@@H](O)[C@H](Cc2ccccc2)NC(=O)[C@H](C(C)C)N2CC(=O)N(Cc3nc4ccccc4n3C)C2=O)cc1. The maximum atomic E-state index is 14.2. The lowest BCUT2D eigenvalue weighted by molar-refractivity contribution is -0.129. The summed E-state index contributed by atoms with van der Waals surface area (Å²) in [4.78, 5) is 48.3. The number of nitrogens with zero attached hydrogens (tertiary/aromatic N) is 5. The van der Waals surface area contributed by atoms with Gasteiger partial charge in [-0.15, -0.1) is 0 Å². The number of amides is 4. The van der Waals surface area contributed by atoms with Gasteiger partial charge in [0.15, 0.2) is 0 Å². The number of para-hydroxylation sites is 2. The number of hydrogen-bond acceptors (Lipinski definition) is 8. The number of imide groups is 1. The highest BCUT2D eigenvalue weighted by molar-refractivity contribution is 7.89. The van der Waals surface area contributed by atoms with E-state index in [0.717, 1.165) is 21.5 Å². The van der Waals surface area contributed by atoms with Gasteiger partial charge in [-0.25, -0.2) is 18.2 Å². The maximum absolute atomic E-state index is 14.2. The van der Waals surface area contributed by atoms with Crippen LogP contribution < -0.4 is 10.1 Å². The fraction of sp³-hybridized carbons (Fsp3) is 0.421. The Hall–Kier alpha value is -4.79. The Labute approximate surface area is 305 Å². The summed E-state index contributed by atoms with van der Waals surface area (Å²) in [5, 5.41) is 14.7. The number of rotatable bonds is 16. The standard InChI is InChI=1S/C38H48N6O7S/c1-25(2)21-42(52(49,50)29-18-16-28(51-6)17-19-29)22-33(45)31(20-27-12-8-7-9-13-27)40-37(47)36(26(3)4)44-24-35(46)43(38(44)48)23-34-39-30-14-10-11-15-32(30)41(34)5/h7-19,25-26,31,33,36,45H,20-24H2,1-6H3,(H,40,47)/t31-,33+,36-/m0/s1. The van der Waals surface area contributed by atoms with Gasteiger partial charge in [0, 0.05) is 20.1 Å². The lowest BCUT2D eigenvalue weighted by Crippen LogP contribution is -2.57. The van der Waals surface area contributed by atoms with Crippen molar-refractivity contribution in [3.8, 4) is 5.75 Å². The van der Waals surface area contributed by atoms with Crippen molar-refractivity contribution in [2.24, 2.45) is 18.9 Å².